The third kappa shape index (κ3) is 5.84. The summed E-state index contributed by atoms with van der Waals surface area (Å²) in [6, 6.07) is 8.42. The van der Waals surface area contributed by atoms with E-state index in [0.717, 1.165) is 49.7 Å². The molecule has 1 amide bonds. The van der Waals surface area contributed by atoms with E-state index < -0.39 is 0 Å². The Morgan fingerprint density at radius 2 is 1.97 bits per heavy atom. The third-order valence-electron chi connectivity index (χ3n) is 5.24. The quantitative estimate of drug-likeness (QED) is 0.563. The molecule has 0 atom stereocenters. The highest BCUT2D eigenvalue weighted by atomic mass is 16.3. The zero-order chi connectivity index (χ0) is 21.5. The summed E-state index contributed by atoms with van der Waals surface area (Å²) in [6.45, 7) is 10.8. The first-order valence-corrected chi connectivity index (χ1v) is 10.8. The fourth-order valence-corrected chi connectivity index (χ4v) is 3.49. The number of piperidine rings is 1. The Labute approximate surface area is 179 Å². The average Bonchev–Trinajstić information content (AvgIpc) is 3.22. The second-order valence-electron chi connectivity index (χ2n) is 8.10. The Kier molecular flexibility index (Phi) is 7.49. The van der Waals surface area contributed by atoms with Gasteiger partial charge in [0.25, 0.3) is 0 Å². The lowest BCUT2D eigenvalue weighted by Crippen LogP contribution is -2.50. The first kappa shape index (κ1) is 21.9. The van der Waals surface area contributed by atoms with Gasteiger partial charge in [0, 0.05) is 37.2 Å². The molecule has 0 spiro atoms. The van der Waals surface area contributed by atoms with Gasteiger partial charge in [0.05, 0.1) is 6.54 Å². The topological polar surface area (TPSA) is 82.8 Å². The molecule has 1 aromatic carbocycles. The molecule has 7 heteroatoms. The van der Waals surface area contributed by atoms with Gasteiger partial charge in [0.1, 0.15) is 12.0 Å². The number of aromatic nitrogens is 1. The highest BCUT2D eigenvalue weighted by Gasteiger charge is 2.24. The number of carbonyl (C=O) groups is 1. The molecule has 2 N–H and O–H groups in total. The van der Waals surface area contributed by atoms with E-state index in [9.17, 15) is 4.79 Å². The van der Waals surface area contributed by atoms with Gasteiger partial charge in [-0.2, -0.15) is 0 Å². The molecule has 3 rings (SSSR count). The van der Waals surface area contributed by atoms with Crippen molar-refractivity contribution in [2.24, 2.45) is 10.9 Å². The van der Waals surface area contributed by atoms with E-state index in [1.165, 1.54) is 5.56 Å². The van der Waals surface area contributed by atoms with Crippen LogP contribution in [-0.4, -0.2) is 47.4 Å². The van der Waals surface area contributed by atoms with Crippen LogP contribution in [0.2, 0.25) is 0 Å². The van der Waals surface area contributed by atoms with Crippen LogP contribution in [0.4, 0.5) is 0 Å². The number of nitrogens with zero attached hydrogens (tertiary/aromatic N) is 3. The van der Waals surface area contributed by atoms with Crippen molar-refractivity contribution in [3.8, 4) is 11.5 Å². The van der Waals surface area contributed by atoms with Crippen molar-refractivity contribution in [1.29, 1.82) is 0 Å². The summed E-state index contributed by atoms with van der Waals surface area (Å²) >= 11 is 0. The summed E-state index contributed by atoms with van der Waals surface area (Å²) in [7, 11) is 0. The Morgan fingerprint density at radius 1 is 1.27 bits per heavy atom. The predicted molar refractivity (Wildman–Crippen MR) is 119 cm³/mol. The number of nitrogens with one attached hydrogen (secondary N) is 2. The maximum absolute atomic E-state index is 12.2. The van der Waals surface area contributed by atoms with Crippen LogP contribution in [0.5, 0.6) is 0 Å². The monoisotopic (exact) mass is 411 g/mol. The molecule has 0 aliphatic carbocycles. The zero-order valence-electron chi connectivity index (χ0n) is 18.4. The molecular formula is C23H33N5O2. The minimum Gasteiger partial charge on any atom is -0.444 e. The number of benzene rings is 1. The number of guanidine groups is 1. The smallest absolute Gasteiger partial charge is 0.226 e. The molecule has 7 nitrogen and oxygen atoms in total. The molecule has 1 aromatic heterocycles. The largest absolute Gasteiger partial charge is 0.444 e. The van der Waals surface area contributed by atoms with Crippen molar-refractivity contribution in [1.82, 2.24) is 20.5 Å². The first-order valence-electron chi connectivity index (χ1n) is 10.8. The van der Waals surface area contributed by atoms with Crippen LogP contribution in [0.15, 0.2) is 39.9 Å². The van der Waals surface area contributed by atoms with E-state index in [1.807, 2.05) is 49.9 Å². The molecule has 30 heavy (non-hydrogen) atoms. The van der Waals surface area contributed by atoms with Crippen LogP contribution in [0.25, 0.3) is 11.5 Å². The van der Waals surface area contributed by atoms with Gasteiger partial charge >= 0.3 is 0 Å². The van der Waals surface area contributed by atoms with E-state index in [0.29, 0.717) is 18.5 Å². The number of carbonyl (C=O) groups excluding carboxylic acids is 1. The summed E-state index contributed by atoms with van der Waals surface area (Å²) in [5, 5.41) is 6.80. The maximum Gasteiger partial charge on any atom is 0.226 e. The first-order chi connectivity index (χ1) is 14.5. The number of likely N-dealkylation sites (tertiary alicyclic amines) is 1. The molecule has 1 aliphatic heterocycles. The number of oxazole rings is 1. The van der Waals surface area contributed by atoms with Crippen molar-refractivity contribution in [2.45, 2.75) is 53.1 Å². The summed E-state index contributed by atoms with van der Waals surface area (Å²) in [5.74, 6) is 1.68. The highest BCUT2D eigenvalue weighted by Crippen LogP contribution is 2.19. The van der Waals surface area contributed by atoms with Crippen molar-refractivity contribution in [3.05, 3.63) is 41.8 Å². The SMILES string of the molecule is CCNC(=NCc1coc(-c2ccc(C)cc2)n1)NC1CCN(C(=O)C(C)C)CC1. The molecule has 0 unspecified atom stereocenters. The van der Waals surface area contributed by atoms with Gasteiger partial charge in [-0.05, 0) is 38.8 Å². The van der Waals surface area contributed by atoms with Crippen LogP contribution in [0.1, 0.15) is 44.9 Å². The van der Waals surface area contributed by atoms with E-state index in [4.69, 9.17) is 4.42 Å². The second kappa shape index (κ2) is 10.3. The number of rotatable bonds is 6. The van der Waals surface area contributed by atoms with Gasteiger partial charge in [0.15, 0.2) is 5.96 Å². The molecule has 0 saturated carbocycles. The van der Waals surface area contributed by atoms with Gasteiger partial charge in [0.2, 0.25) is 11.8 Å². The molecular weight excluding hydrogens is 378 g/mol. The minimum absolute atomic E-state index is 0.0562. The van der Waals surface area contributed by atoms with Crippen molar-refractivity contribution >= 4 is 11.9 Å². The molecule has 1 fully saturated rings. The maximum atomic E-state index is 12.2. The van der Waals surface area contributed by atoms with Gasteiger partial charge in [-0.25, -0.2) is 9.98 Å². The van der Waals surface area contributed by atoms with Gasteiger partial charge < -0.3 is 20.0 Å². The van der Waals surface area contributed by atoms with Crippen molar-refractivity contribution < 1.29 is 9.21 Å². The molecule has 0 bridgehead atoms. The van der Waals surface area contributed by atoms with Crippen LogP contribution >= 0.6 is 0 Å². The summed E-state index contributed by atoms with van der Waals surface area (Å²) in [5.41, 5.74) is 2.96. The van der Waals surface area contributed by atoms with E-state index in [1.54, 1.807) is 6.26 Å². The van der Waals surface area contributed by atoms with Crippen LogP contribution < -0.4 is 10.6 Å². The van der Waals surface area contributed by atoms with Gasteiger partial charge in [-0.3, -0.25) is 4.79 Å². The molecule has 0 radical (unpaired) electrons. The molecule has 1 aliphatic rings. The molecule has 162 valence electrons. The number of hydrogen-bond donors (Lipinski definition) is 2. The fourth-order valence-electron chi connectivity index (χ4n) is 3.49. The number of amides is 1. The average molecular weight is 412 g/mol. The number of aryl methyl sites for hydroxylation is 1. The summed E-state index contributed by atoms with van der Waals surface area (Å²) in [4.78, 5) is 23.4. The Hall–Kier alpha value is -2.83. The molecule has 1 saturated heterocycles. The Morgan fingerprint density at radius 3 is 2.60 bits per heavy atom. The number of aliphatic imine (C=N–C) groups is 1. The van der Waals surface area contributed by atoms with Crippen LogP contribution in [0.3, 0.4) is 0 Å². The lowest BCUT2D eigenvalue weighted by atomic mass is 10.0. The fraction of sp³-hybridized carbons (Fsp3) is 0.522. The third-order valence-corrected chi connectivity index (χ3v) is 5.24. The molecule has 2 aromatic rings. The number of hydrogen-bond acceptors (Lipinski definition) is 4. The lowest BCUT2D eigenvalue weighted by molar-refractivity contribution is -0.135. The second-order valence-corrected chi connectivity index (χ2v) is 8.10. The predicted octanol–water partition coefficient (Wildman–Crippen LogP) is 3.35. The summed E-state index contributed by atoms with van der Waals surface area (Å²) in [6.07, 6.45) is 3.51. The van der Waals surface area contributed by atoms with Crippen LogP contribution in [0, 0.1) is 12.8 Å². The van der Waals surface area contributed by atoms with E-state index in [2.05, 4.69) is 27.5 Å². The van der Waals surface area contributed by atoms with Crippen molar-refractivity contribution in [2.75, 3.05) is 19.6 Å². The standard InChI is InChI=1S/C23H33N5O2/c1-5-24-23(27-19-10-12-28(13-11-19)22(29)16(2)3)25-14-20-15-30-21(26-20)18-8-6-17(4)7-9-18/h6-9,15-16,19H,5,10-14H2,1-4H3,(H2,24,25,27). The lowest BCUT2D eigenvalue weighted by Gasteiger charge is -2.34. The highest BCUT2D eigenvalue weighted by molar-refractivity contribution is 5.80. The molecule has 2 heterocycles. The Bertz CT molecular complexity index is 849. The van der Waals surface area contributed by atoms with Crippen LogP contribution in [-0.2, 0) is 11.3 Å². The van der Waals surface area contributed by atoms with E-state index in [-0.39, 0.29) is 11.8 Å². The Balaban J connectivity index is 1.56. The summed E-state index contributed by atoms with van der Waals surface area (Å²) < 4.78 is 5.63. The normalized spacial score (nSPS) is 15.5. The minimum atomic E-state index is 0.0562. The van der Waals surface area contributed by atoms with Crippen molar-refractivity contribution in [3.63, 3.8) is 0 Å². The van der Waals surface area contributed by atoms with E-state index >= 15 is 0 Å². The van der Waals surface area contributed by atoms with Gasteiger partial charge in [-0.1, -0.05) is 31.5 Å². The zero-order valence-corrected chi connectivity index (χ0v) is 18.4. The van der Waals surface area contributed by atoms with Gasteiger partial charge in [-0.15, -0.1) is 0 Å².